The largest absolute Gasteiger partial charge is 0.507 e. The summed E-state index contributed by atoms with van der Waals surface area (Å²) in [5, 5.41) is 10.8. The van der Waals surface area contributed by atoms with Crippen LogP contribution in [0.2, 0.25) is 0 Å². The van der Waals surface area contributed by atoms with Crippen LogP contribution in [0.1, 0.15) is 29.8 Å². The Hall–Kier alpha value is -3.19. The SMILES string of the molecule is CCn1c(C)cc(O)c([C@@H](c2ccncc2)N2CCN(c3ccccn3)CC2)c1=O. The van der Waals surface area contributed by atoms with Gasteiger partial charge in [-0.1, -0.05) is 6.07 Å². The molecular weight excluding hydrogens is 378 g/mol. The highest BCUT2D eigenvalue weighted by atomic mass is 16.3. The first-order chi connectivity index (χ1) is 14.6. The van der Waals surface area contributed by atoms with Gasteiger partial charge in [0.15, 0.2) is 0 Å². The Morgan fingerprint density at radius 1 is 1.07 bits per heavy atom. The minimum absolute atomic E-state index is 0.0520. The van der Waals surface area contributed by atoms with Crippen LogP contribution in [0.3, 0.4) is 0 Å². The van der Waals surface area contributed by atoms with Gasteiger partial charge in [-0.2, -0.15) is 0 Å². The molecule has 1 fully saturated rings. The van der Waals surface area contributed by atoms with Gasteiger partial charge in [-0.05, 0) is 49.7 Å². The molecule has 0 aromatic carbocycles. The number of anilines is 1. The number of aryl methyl sites for hydroxylation is 1. The highest BCUT2D eigenvalue weighted by molar-refractivity contribution is 5.42. The molecule has 7 heteroatoms. The number of aromatic nitrogens is 3. The van der Waals surface area contributed by atoms with Gasteiger partial charge < -0.3 is 14.6 Å². The normalized spacial score (nSPS) is 15.9. The van der Waals surface area contributed by atoms with Crippen LogP contribution in [0.4, 0.5) is 5.82 Å². The van der Waals surface area contributed by atoms with Crippen LogP contribution in [0.15, 0.2) is 59.8 Å². The molecule has 1 atom stereocenters. The van der Waals surface area contributed by atoms with E-state index in [9.17, 15) is 9.90 Å². The molecule has 156 valence electrons. The van der Waals surface area contributed by atoms with E-state index in [1.165, 1.54) is 0 Å². The first-order valence-corrected chi connectivity index (χ1v) is 10.3. The highest BCUT2D eigenvalue weighted by Gasteiger charge is 2.31. The Labute approximate surface area is 176 Å². The van der Waals surface area contributed by atoms with E-state index in [1.807, 2.05) is 44.2 Å². The molecule has 30 heavy (non-hydrogen) atoms. The van der Waals surface area contributed by atoms with E-state index < -0.39 is 0 Å². The Kier molecular flexibility index (Phi) is 5.81. The minimum Gasteiger partial charge on any atom is -0.507 e. The van der Waals surface area contributed by atoms with Gasteiger partial charge in [0.2, 0.25) is 0 Å². The quantitative estimate of drug-likeness (QED) is 0.703. The Morgan fingerprint density at radius 3 is 2.43 bits per heavy atom. The third kappa shape index (κ3) is 3.80. The summed E-state index contributed by atoms with van der Waals surface area (Å²) in [7, 11) is 0. The third-order valence-corrected chi connectivity index (χ3v) is 5.79. The van der Waals surface area contributed by atoms with Crippen LogP contribution < -0.4 is 10.5 Å². The lowest BCUT2D eigenvalue weighted by atomic mass is 9.96. The van der Waals surface area contributed by atoms with Crippen LogP contribution in [0, 0.1) is 6.92 Å². The molecule has 7 nitrogen and oxygen atoms in total. The van der Waals surface area contributed by atoms with Crippen molar-refractivity contribution in [3.05, 3.63) is 82.2 Å². The summed E-state index contributed by atoms with van der Waals surface area (Å²) in [6, 6.07) is 11.1. The van der Waals surface area contributed by atoms with Crippen molar-refractivity contribution in [1.82, 2.24) is 19.4 Å². The van der Waals surface area contributed by atoms with Gasteiger partial charge in [0, 0.05) is 57.0 Å². The molecule has 0 unspecified atom stereocenters. The summed E-state index contributed by atoms with van der Waals surface area (Å²) in [6.07, 6.45) is 5.27. The molecular formula is C23H27N5O2. The second kappa shape index (κ2) is 8.67. The molecule has 1 N–H and O–H groups in total. The van der Waals surface area contributed by atoms with Gasteiger partial charge in [0.25, 0.3) is 5.56 Å². The Balaban J connectivity index is 1.71. The van der Waals surface area contributed by atoms with Crippen LogP contribution >= 0.6 is 0 Å². The molecule has 0 spiro atoms. The molecule has 0 saturated carbocycles. The van der Waals surface area contributed by atoms with Crippen LogP contribution in [0.25, 0.3) is 0 Å². The van der Waals surface area contributed by atoms with Gasteiger partial charge >= 0.3 is 0 Å². The highest BCUT2D eigenvalue weighted by Crippen LogP contribution is 2.33. The summed E-state index contributed by atoms with van der Waals surface area (Å²) in [4.78, 5) is 26.4. The molecule has 1 aliphatic rings. The minimum atomic E-state index is -0.329. The molecule has 0 radical (unpaired) electrons. The van der Waals surface area contributed by atoms with Gasteiger partial charge in [0.05, 0.1) is 11.6 Å². The van der Waals surface area contributed by atoms with Crippen molar-refractivity contribution < 1.29 is 5.11 Å². The van der Waals surface area contributed by atoms with Crippen molar-refractivity contribution in [3.8, 4) is 5.75 Å². The Morgan fingerprint density at radius 2 is 1.80 bits per heavy atom. The van der Waals surface area contributed by atoms with E-state index in [-0.39, 0.29) is 17.4 Å². The molecule has 4 rings (SSSR count). The summed E-state index contributed by atoms with van der Waals surface area (Å²) in [5.41, 5.74) is 2.01. The third-order valence-electron chi connectivity index (χ3n) is 5.79. The first kappa shape index (κ1) is 20.1. The number of nitrogens with zero attached hydrogens (tertiary/aromatic N) is 5. The average Bonchev–Trinajstić information content (AvgIpc) is 2.78. The lowest BCUT2D eigenvalue weighted by molar-refractivity contribution is 0.207. The van der Waals surface area contributed by atoms with Crippen molar-refractivity contribution in [3.63, 3.8) is 0 Å². The number of hydrogen-bond acceptors (Lipinski definition) is 6. The molecule has 0 amide bonds. The van der Waals surface area contributed by atoms with Crippen molar-refractivity contribution in [2.24, 2.45) is 0 Å². The average molecular weight is 406 g/mol. The summed E-state index contributed by atoms with van der Waals surface area (Å²) >= 11 is 0. The molecule has 0 aliphatic carbocycles. The zero-order valence-electron chi connectivity index (χ0n) is 17.4. The number of piperazine rings is 1. The predicted molar refractivity (Wildman–Crippen MR) is 117 cm³/mol. The standard InChI is InChI=1S/C23H27N5O2/c1-3-28-17(2)16-19(29)21(23(28)30)22(18-7-10-24-11-8-18)27-14-12-26(13-15-27)20-6-4-5-9-25-20/h4-11,16,22,29H,3,12-15H2,1-2H3/t22-/m1/s1. The molecule has 4 heterocycles. The van der Waals surface area contributed by atoms with Crippen LogP contribution in [-0.4, -0.2) is 50.7 Å². The van der Waals surface area contributed by atoms with Crippen LogP contribution in [0.5, 0.6) is 5.75 Å². The maximum absolute atomic E-state index is 13.3. The van der Waals surface area contributed by atoms with Crippen molar-refractivity contribution in [2.45, 2.75) is 26.4 Å². The number of aromatic hydroxyl groups is 1. The molecule has 3 aromatic heterocycles. The van der Waals surface area contributed by atoms with E-state index in [4.69, 9.17) is 0 Å². The number of hydrogen-bond donors (Lipinski definition) is 1. The maximum atomic E-state index is 13.3. The van der Waals surface area contributed by atoms with E-state index in [1.54, 1.807) is 29.2 Å². The predicted octanol–water partition coefficient (Wildman–Crippen LogP) is 2.58. The maximum Gasteiger partial charge on any atom is 0.259 e. The van der Waals surface area contributed by atoms with Gasteiger partial charge in [-0.3, -0.25) is 14.7 Å². The fourth-order valence-electron chi connectivity index (χ4n) is 4.27. The van der Waals surface area contributed by atoms with Crippen molar-refractivity contribution in [2.75, 3.05) is 31.1 Å². The molecule has 1 saturated heterocycles. The summed E-state index contributed by atoms with van der Waals surface area (Å²) in [6.45, 7) is 7.46. The summed E-state index contributed by atoms with van der Waals surface area (Å²) in [5.74, 6) is 1.01. The van der Waals surface area contributed by atoms with Gasteiger partial charge in [-0.15, -0.1) is 0 Å². The molecule has 0 bridgehead atoms. The zero-order chi connectivity index (χ0) is 21.1. The van der Waals surface area contributed by atoms with Gasteiger partial charge in [-0.25, -0.2) is 4.98 Å². The smallest absolute Gasteiger partial charge is 0.259 e. The lowest BCUT2D eigenvalue weighted by Crippen LogP contribution is -2.49. The molecule has 1 aliphatic heterocycles. The second-order valence-corrected chi connectivity index (χ2v) is 7.53. The zero-order valence-corrected chi connectivity index (χ0v) is 17.4. The van der Waals surface area contributed by atoms with E-state index in [0.717, 1.165) is 43.3 Å². The fourth-order valence-corrected chi connectivity index (χ4v) is 4.27. The number of rotatable bonds is 5. The van der Waals surface area contributed by atoms with Crippen molar-refractivity contribution in [1.29, 1.82) is 0 Å². The number of pyridine rings is 3. The van der Waals surface area contributed by atoms with E-state index in [0.29, 0.717) is 12.1 Å². The van der Waals surface area contributed by atoms with Gasteiger partial charge in [0.1, 0.15) is 11.6 Å². The lowest BCUT2D eigenvalue weighted by Gasteiger charge is -2.40. The summed E-state index contributed by atoms with van der Waals surface area (Å²) < 4.78 is 1.72. The Bertz CT molecular complexity index is 1040. The van der Waals surface area contributed by atoms with Crippen LogP contribution in [-0.2, 0) is 6.54 Å². The van der Waals surface area contributed by atoms with E-state index in [2.05, 4.69) is 19.8 Å². The fraction of sp³-hybridized carbons (Fsp3) is 0.348. The second-order valence-electron chi connectivity index (χ2n) is 7.53. The topological polar surface area (TPSA) is 74.5 Å². The van der Waals surface area contributed by atoms with Crippen molar-refractivity contribution >= 4 is 5.82 Å². The molecule has 3 aromatic rings. The van der Waals surface area contributed by atoms with E-state index >= 15 is 0 Å². The monoisotopic (exact) mass is 405 g/mol. The first-order valence-electron chi connectivity index (χ1n) is 10.3.